The Morgan fingerprint density at radius 3 is 2.23 bits per heavy atom. The lowest BCUT2D eigenvalue weighted by Gasteiger charge is -2.36. The molecule has 0 atom stereocenters. The van der Waals surface area contributed by atoms with Crippen molar-refractivity contribution in [1.82, 2.24) is 20.4 Å². The van der Waals surface area contributed by atoms with Gasteiger partial charge in [-0.3, -0.25) is 4.99 Å². The molecule has 22 heavy (non-hydrogen) atoms. The molecule has 0 unspecified atom stereocenters. The minimum atomic E-state index is 0. The summed E-state index contributed by atoms with van der Waals surface area (Å²) in [6, 6.07) is 1.19. The van der Waals surface area contributed by atoms with Crippen LogP contribution in [0.1, 0.15) is 40.5 Å². The van der Waals surface area contributed by atoms with Crippen molar-refractivity contribution in [2.24, 2.45) is 4.99 Å². The molecule has 0 radical (unpaired) electrons. The molecule has 0 saturated carbocycles. The molecule has 2 N–H and O–H groups in total. The van der Waals surface area contributed by atoms with Crippen molar-refractivity contribution in [3.05, 3.63) is 0 Å². The Labute approximate surface area is 154 Å². The second-order valence-electron chi connectivity index (χ2n) is 7.18. The van der Waals surface area contributed by atoms with Gasteiger partial charge < -0.3 is 20.4 Å². The van der Waals surface area contributed by atoms with Crippen LogP contribution in [0.2, 0.25) is 0 Å². The lowest BCUT2D eigenvalue weighted by molar-refractivity contribution is 0.166. The van der Waals surface area contributed by atoms with Gasteiger partial charge in [-0.05, 0) is 54.6 Å². The number of halogens is 1. The Morgan fingerprint density at radius 1 is 1.27 bits per heavy atom. The average molecular weight is 425 g/mol. The number of nitrogens with one attached hydrogen (secondary N) is 2. The zero-order valence-corrected chi connectivity index (χ0v) is 17.8. The van der Waals surface area contributed by atoms with Crippen LogP contribution in [0.4, 0.5) is 0 Å². The highest BCUT2D eigenvalue weighted by molar-refractivity contribution is 14.0. The molecule has 0 amide bonds. The maximum Gasteiger partial charge on any atom is 0.191 e. The number of guanidine groups is 1. The largest absolute Gasteiger partial charge is 0.355 e. The highest BCUT2D eigenvalue weighted by Gasteiger charge is 2.23. The van der Waals surface area contributed by atoms with Crippen molar-refractivity contribution in [2.45, 2.75) is 58.2 Å². The van der Waals surface area contributed by atoms with Crippen LogP contribution in [0.3, 0.4) is 0 Å². The first-order chi connectivity index (χ1) is 9.76. The van der Waals surface area contributed by atoms with E-state index in [2.05, 4.69) is 67.2 Å². The first-order valence-corrected chi connectivity index (χ1v) is 8.15. The fourth-order valence-corrected chi connectivity index (χ4v) is 2.41. The van der Waals surface area contributed by atoms with Crippen LogP contribution in [-0.4, -0.2) is 74.2 Å². The summed E-state index contributed by atoms with van der Waals surface area (Å²) in [5.74, 6) is 0.924. The summed E-state index contributed by atoms with van der Waals surface area (Å²) in [5, 5.41) is 7.03. The van der Waals surface area contributed by atoms with E-state index in [1.165, 1.54) is 25.9 Å². The van der Waals surface area contributed by atoms with Gasteiger partial charge in [0.05, 0.1) is 0 Å². The third-order valence-corrected chi connectivity index (χ3v) is 4.72. The van der Waals surface area contributed by atoms with E-state index in [1.54, 1.807) is 0 Å². The molecule has 1 fully saturated rings. The SMILES string of the molecule is CN=C(NCC(C)(C)N(C)C)NC1CCN(C(C)C)CC1.I. The number of aliphatic imine (C=N–C) groups is 1. The van der Waals surface area contributed by atoms with Gasteiger partial charge in [0.1, 0.15) is 0 Å². The summed E-state index contributed by atoms with van der Waals surface area (Å²) in [6.07, 6.45) is 2.38. The second-order valence-corrected chi connectivity index (χ2v) is 7.18. The van der Waals surface area contributed by atoms with Crippen molar-refractivity contribution < 1.29 is 0 Å². The van der Waals surface area contributed by atoms with Crippen molar-refractivity contribution >= 4 is 29.9 Å². The summed E-state index contributed by atoms with van der Waals surface area (Å²) >= 11 is 0. The van der Waals surface area contributed by atoms with E-state index >= 15 is 0 Å². The second kappa shape index (κ2) is 9.93. The molecule has 0 aliphatic carbocycles. The third kappa shape index (κ3) is 7.00. The monoisotopic (exact) mass is 425 g/mol. The van der Waals surface area contributed by atoms with E-state index in [-0.39, 0.29) is 29.5 Å². The number of likely N-dealkylation sites (N-methyl/N-ethyl adjacent to an activating group) is 1. The van der Waals surface area contributed by atoms with E-state index in [4.69, 9.17) is 0 Å². The first kappa shape index (κ1) is 21.9. The maximum atomic E-state index is 4.36. The predicted octanol–water partition coefficient (Wildman–Crippen LogP) is 1.98. The van der Waals surface area contributed by atoms with Crippen LogP contribution >= 0.6 is 24.0 Å². The molecule has 5 nitrogen and oxygen atoms in total. The number of nitrogens with zero attached hydrogens (tertiary/aromatic N) is 3. The smallest absolute Gasteiger partial charge is 0.191 e. The lowest BCUT2D eigenvalue weighted by Crippen LogP contribution is -2.54. The zero-order chi connectivity index (χ0) is 16.0. The molecule has 132 valence electrons. The molecule has 0 spiro atoms. The summed E-state index contributed by atoms with van der Waals surface area (Å²) in [4.78, 5) is 9.14. The molecule has 1 aliphatic heterocycles. The molecule has 0 aromatic carbocycles. The van der Waals surface area contributed by atoms with Crippen molar-refractivity contribution in [2.75, 3.05) is 40.8 Å². The minimum Gasteiger partial charge on any atom is -0.355 e. The van der Waals surface area contributed by atoms with Gasteiger partial charge in [0.2, 0.25) is 0 Å². The Morgan fingerprint density at radius 2 is 1.82 bits per heavy atom. The number of rotatable bonds is 5. The average Bonchev–Trinajstić information content (AvgIpc) is 2.43. The van der Waals surface area contributed by atoms with Crippen molar-refractivity contribution in [1.29, 1.82) is 0 Å². The van der Waals surface area contributed by atoms with Crippen LogP contribution in [0.25, 0.3) is 0 Å². The van der Waals surface area contributed by atoms with Gasteiger partial charge in [-0.25, -0.2) is 0 Å². The summed E-state index contributed by atoms with van der Waals surface area (Å²) in [7, 11) is 6.07. The van der Waals surface area contributed by atoms with Crippen LogP contribution in [0, 0.1) is 0 Å². The third-order valence-electron chi connectivity index (χ3n) is 4.72. The molecular weight excluding hydrogens is 389 g/mol. The molecule has 1 aliphatic rings. The van der Waals surface area contributed by atoms with Crippen LogP contribution in [0.5, 0.6) is 0 Å². The summed E-state index contributed by atoms with van der Waals surface area (Å²) in [5.41, 5.74) is 0.110. The fourth-order valence-electron chi connectivity index (χ4n) is 2.41. The zero-order valence-electron chi connectivity index (χ0n) is 15.4. The number of hydrogen-bond acceptors (Lipinski definition) is 3. The molecule has 6 heteroatoms. The number of likely N-dealkylation sites (tertiary alicyclic amines) is 1. The van der Waals surface area contributed by atoms with Crippen LogP contribution in [0.15, 0.2) is 4.99 Å². The van der Waals surface area contributed by atoms with E-state index in [0.717, 1.165) is 12.5 Å². The number of hydrogen-bond donors (Lipinski definition) is 2. The quantitative estimate of drug-likeness (QED) is 0.402. The van der Waals surface area contributed by atoms with Gasteiger partial charge in [-0.15, -0.1) is 24.0 Å². The predicted molar refractivity (Wildman–Crippen MR) is 107 cm³/mol. The molecule has 0 bridgehead atoms. The highest BCUT2D eigenvalue weighted by Crippen LogP contribution is 2.13. The Hall–Kier alpha value is -0.0800. The minimum absolute atomic E-state index is 0. The van der Waals surface area contributed by atoms with Gasteiger partial charge in [0.25, 0.3) is 0 Å². The molecule has 1 heterocycles. The topological polar surface area (TPSA) is 42.9 Å². The lowest BCUT2D eigenvalue weighted by atomic mass is 10.0. The molecule has 1 saturated heterocycles. The van der Waals surface area contributed by atoms with Crippen molar-refractivity contribution in [3.63, 3.8) is 0 Å². The number of piperidine rings is 1. The molecule has 1 rings (SSSR count). The van der Waals surface area contributed by atoms with Gasteiger partial charge in [0, 0.05) is 44.3 Å². The Balaban J connectivity index is 0.00000441. The van der Waals surface area contributed by atoms with Gasteiger partial charge >= 0.3 is 0 Å². The summed E-state index contributed by atoms with van der Waals surface area (Å²) < 4.78 is 0. The van der Waals surface area contributed by atoms with Crippen LogP contribution in [-0.2, 0) is 0 Å². The standard InChI is InChI=1S/C16H35N5.HI/c1-13(2)21-10-8-14(9-11-21)19-15(17-5)18-12-16(3,4)20(6)7;/h13-14H,8-12H2,1-7H3,(H2,17,18,19);1H. The van der Waals surface area contributed by atoms with Gasteiger partial charge in [-0.2, -0.15) is 0 Å². The molecule has 0 aromatic heterocycles. The highest BCUT2D eigenvalue weighted by atomic mass is 127. The Bertz CT molecular complexity index is 333. The molecular formula is C16H36IN5. The fraction of sp³-hybridized carbons (Fsp3) is 0.938. The Kier molecular flexibility index (Phi) is 9.89. The van der Waals surface area contributed by atoms with Gasteiger partial charge in [0.15, 0.2) is 5.96 Å². The normalized spacial score (nSPS) is 18.5. The van der Waals surface area contributed by atoms with E-state index in [9.17, 15) is 0 Å². The maximum absolute atomic E-state index is 4.36. The van der Waals surface area contributed by atoms with Crippen LogP contribution < -0.4 is 10.6 Å². The molecule has 0 aromatic rings. The van der Waals surface area contributed by atoms with E-state index < -0.39 is 0 Å². The van der Waals surface area contributed by atoms with Gasteiger partial charge in [-0.1, -0.05) is 0 Å². The summed E-state index contributed by atoms with van der Waals surface area (Å²) in [6.45, 7) is 12.2. The van der Waals surface area contributed by atoms with E-state index in [0.29, 0.717) is 12.1 Å². The first-order valence-electron chi connectivity index (χ1n) is 8.15. The van der Waals surface area contributed by atoms with Crippen molar-refractivity contribution in [3.8, 4) is 0 Å². The van der Waals surface area contributed by atoms with E-state index in [1.807, 2.05) is 7.05 Å².